The quantitative estimate of drug-likeness (QED) is 0.480. The SMILES string of the molecule is O=S1(=O)NC[C@H](O)CN(Cc2ccncc2F)CC2(COc3ccccc31)C[C@@H](O)[C@@H](O)C2. The van der Waals surface area contributed by atoms with E-state index in [1.807, 2.05) is 0 Å². The van der Waals surface area contributed by atoms with Crippen molar-refractivity contribution in [2.75, 3.05) is 26.2 Å². The Kier molecular flexibility index (Phi) is 6.99. The maximum absolute atomic E-state index is 14.3. The Balaban J connectivity index is 1.69. The van der Waals surface area contributed by atoms with Crippen molar-refractivity contribution in [3.05, 3.63) is 54.1 Å². The second-order valence-electron chi connectivity index (χ2n) is 8.92. The molecule has 4 rings (SSSR count). The molecule has 2 aliphatic rings. The number of para-hydroxylation sites is 1. The number of rotatable bonds is 2. The van der Waals surface area contributed by atoms with E-state index in [4.69, 9.17) is 4.74 Å². The summed E-state index contributed by atoms with van der Waals surface area (Å²) in [5.74, 6) is -0.355. The van der Waals surface area contributed by atoms with Gasteiger partial charge in [0.2, 0.25) is 10.0 Å². The number of β-amino-alcohol motifs (C(OH)–C–C–N with tert-alkyl or cyclic N) is 1. The predicted octanol–water partition coefficient (Wildman–Crippen LogP) is 0.256. The van der Waals surface area contributed by atoms with Crippen molar-refractivity contribution in [2.24, 2.45) is 5.41 Å². The third-order valence-corrected chi connectivity index (χ3v) is 7.65. The molecule has 1 spiro atoms. The summed E-state index contributed by atoms with van der Waals surface area (Å²) in [7, 11) is -3.96. The van der Waals surface area contributed by atoms with Crippen LogP contribution in [-0.2, 0) is 16.6 Å². The maximum atomic E-state index is 14.3. The number of fused-ring (bicyclic) bond motifs is 1. The Bertz CT molecular complexity index is 1080. The summed E-state index contributed by atoms with van der Waals surface area (Å²) in [5, 5.41) is 31.2. The molecule has 2 heterocycles. The molecule has 2 aromatic rings. The molecule has 1 aliphatic heterocycles. The fraction of sp³-hybridized carbons (Fsp3) is 0.500. The summed E-state index contributed by atoms with van der Waals surface area (Å²) in [5.41, 5.74) is -0.378. The lowest BCUT2D eigenvalue weighted by molar-refractivity contribution is 0.0422. The fourth-order valence-electron chi connectivity index (χ4n) is 4.64. The molecule has 4 atom stereocenters. The largest absolute Gasteiger partial charge is 0.492 e. The summed E-state index contributed by atoms with van der Waals surface area (Å²) >= 11 is 0. The molecule has 33 heavy (non-hydrogen) atoms. The summed E-state index contributed by atoms with van der Waals surface area (Å²) in [6, 6.07) is 7.72. The maximum Gasteiger partial charge on any atom is 0.244 e. The van der Waals surface area contributed by atoms with E-state index < -0.39 is 39.6 Å². The van der Waals surface area contributed by atoms with Crippen LogP contribution in [0.3, 0.4) is 0 Å². The molecule has 0 bridgehead atoms. The normalized spacial score (nSPS) is 30.7. The van der Waals surface area contributed by atoms with E-state index in [-0.39, 0.29) is 56.3 Å². The van der Waals surface area contributed by atoms with Gasteiger partial charge in [-0.15, -0.1) is 0 Å². The van der Waals surface area contributed by atoms with E-state index in [2.05, 4.69) is 9.71 Å². The number of sulfonamides is 1. The van der Waals surface area contributed by atoms with E-state index >= 15 is 0 Å². The molecule has 0 radical (unpaired) electrons. The minimum absolute atomic E-state index is 0.0269. The number of hydrogen-bond donors (Lipinski definition) is 4. The summed E-state index contributed by atoms with van der Waals surface area (Å²) in [6.07, 6.45) is -0.00339. The van der Waals surface area contributed by atoms with Gasteiger partial charge in [-0.25, -0.2) is 17.5 Å². The number of ether oxygens (including phenoxy) is 1. The highest BCUT2D eigenvalue weighted by Crippen LogP contribution is 2.41. The van der Waals surface area contributed by atoms with Gasteiger partial charge in [-0.2, -0.15) is 0 Å². The zero-order valence-electron chi connectivity index (χ0n) is 18.0. The number of nitrogens with zero attached hydrogens (tertiary/aromatic N) is 2. The molecule has 1 unspecified atom stereocenters. The zero-order valence-corrected chi connectivity index (χ0v) is 18.8. The molecule has 0 saturated heterocycles. The molecule has 1 aliphatic carbocycles. The van der Waals surface area contributed by atoms with Gasteiger partial charge < -0.3 is 20.1 Å². The van der Waals surface area contributed by atoms with Crippen LogP contribution in [0.25, 0.3) is 0 Å². The Hall–Kier alpha value is -2.15. The van der Waals surface area contributed by atoms with Crippen molar-refractivity contribution < 1.29 is 32.9 Å². The van der Waals surface area contributed by atoms with Gasteiger partial charge in [0.15, 0.2) is 0 Å². The number of nitrogens with one attached hydrogen (secondary N) is 1. The van der Waals surface area contributed by atoms with E-state index in [0.717, 1.165) is 6.20 Å². The predicted molar refractivity (Wildman–Crippen MR) is 116 cm³/mol. The first-order valence-corrected chi connectivity index (χ1v) is 12.2. The average molecular weight is 482 g/mol. The molecule has 180 valence electrons. The van der Waals surface area contributed by atoms with E-state index in [1.165, 1.54) is 24.4 Å². The number of halogens is 1. The highest BCUT2D eigenvalue weighted by atomic mass is 32.2. The lowest BCUT2D eigenvalue weighted by atomic mass is 9.85. The van der Waals surface area contributed by atoms with E-state index in [1.54, 1.807) is 17.0 Å². The van der Waals surface area contributed by atoms with Gasteiger partial charge in [0.1, 0.15) is 16.5 Å². The number of pyridine rings is 1. The van der Waals surface area contributed by atoms with Crippen molar-refractivity contribution in [3.8, 4) is 5.75 Å². The van der Waals surface area contributed by atoms with Crippen molar-refractivity contribution in [1.82, 2.24) is 14.6 Å². The van der Waals surface area contributed by atoms with Crippen molar-refractivity contribution in [2.45, 2.75) is 42.6 Å². The second kappa shape index (κ2) is 9.61. The Labute approximate surface area is 191 Å². The van der Waals surface area contributed by atoms with E-state index in [9.17, 15) is 28.1 Å². The average Bonchev–Trinajstić information content (AvgIpc) is 3.05. The van der Waals surface area contributed by atoms with Gasteiger partial charge in [-0.3, -0.25) is 9.88 Å². The number of aliphatic hydroxyl groups is 3. The molecular formula is C22H28FN3O6S. The Morgan fingerprint density at radius 2 is 1.91 bits per heavy atom. The molecule has 1 saturated carbocycles. The van der Waals surface area contributed by atoms with Crippen LogP contribution in [0.15, 0.2) is 47.6 Å². The molecule has 11 heteroatoms. The first kappa shape index (κ1) is 24.0. The van der Waals surface area contributed by atoms with Gasteiger partial charge in [0, 0.05) is 43.4 Å². The molecule has 1 aromatic carbocycles. The minimum Gasteiger partial charge on any atom is -0.492 e. The summed E-state index contributed by atoms with van der Waals surface area (Å²) in [6.45, 7) is 0.237. The number of aliphatic hydroxyl groups excluding tert-OH is 3. The summed E-state index contributed by atoms with van der Waals surface area (Å²) in [4.78, 5) is 5.50. The molecule has 0 amide bonds. The van der Waals surface area contributed by atoms with E-state index in [0.29, 0.717) is 5.56 Å². The van der Waals surface area contributed by atoms with Gasteiger partial charge in [0.25, 0.3) is 0 Å². The van der Waals surface area contributed by atoms with Crippen molar-refractivity contribution in [3.63, 3.8) is 0 Å². The zero-order chi connectivity index (χ0) is 23.6. The van der Waals surface area contributed by atoms with Crippen LogP contribution in [0.1, 0.15) is 18.4 Å². The topological polar surface area (TPSA) is 132 Å². The molecule has 4 N–H and O–H groups in total. The first-order chi connectivity index (χ1) is 15.7. The minimum atomic E-state index is -3.96. The number of aromatic nitrogens is 1. The third kappa shape index (κ3) is 5.51. The molecule has 1 aromatic heterocycles. The van der Waals surface area contributed by atoms with Crippen molar-refractivity contribution in [1.29, 1.82) is 0 Å². The van der Waals surface area contributed by atoms with Crippen LogP contribution in [0.5, 0.6) is 5.75 Å². The van der Waals surface area contributed by atoms with Crippen molar-refractivity contribution >= 4 is 10.0 Å². The fourth-order valence-corrected chi connectivity index (χ4v) is 5.85. The summed E-state index contributed by atoms with van der Waals surface area (Å²) < 4.78 is 48.3. The third-order valence-electron chi connectivity index (χ3n) is 6.19. The van der Waals surface area contributed by atoms with Crippen LogP contribution in [0.4, 0.5) is 4.39 Å². The van der Waals surface area contributed by atoms with Crippen LogP contribution >= 0.6 is 0 Å². The van der Waals surface area contributed by atoms with Crippen LogP contribution in [0, 0.1) is 11.2 Å². The van der Waals surface area contributed by atoms with Gasteiger partial charge in [0.05, 0.1) is 31.1 Å². The second-order valence-corrected chi connectivity index (χ2v) is 10.7. The Morgan fingerprint density at radius 3 is 2.64 bits per heavy atom. The first-order valence-electron chi connectivity index (χ1n) is 10.7. The molecule has 9 nitrogen and oxygen atoms in total. The number of hydrogen-bond acceptors (Lipinski definition) is 8. The standard InChI is InChI=1S/C22H28FN3O6S/c23-17-10-24-6-5-15(17)11-26-12-16(27)9-25-33(30,31)21-4-2-1-3-20(21)32-14-22(13-26)7-18(28)19(29)8-22/h1-6,10,16,18-19,25,27-29H,7-9,11-14H2/t16-,18-,19+,22?/m0/s1. The van der Waals surface area contributed by atoms with Crippen LogP contribution in [-0.4, -0.2) is 78.2 Å². The molecule has 1 fully saturated rings. The van der Waals surface area contributed by atoms with Crippen LogP contribution in [0.2, 0.25) is 0 Å². The smallest absolute Gasteiger partial charge is 0.244 e. The molecular weight excluding hydrogens is 453 g/mol. The highest BCUT2D eigenvalue weighted by Gasteiger charge is 2.46. The lowest BCUT2D eigenvalue weighted by Gasteiger charge is -2.37. The number of benzene rings is 1. The van der Waals surface area contributed by atoms with Gasteiger partial charge >= 0.3 is 0 Å². The lowest BCUT2D eigenvalue weighted by Crippen LogP contribution is -2.46. The highest BCUT2D eigenvalue weighted by molar-refractivity contribution is 7.89. The van der Waals surface area contributed by atoms with Gasteiger partial charge in [-0.1, -0.05) is 12.1 Å². The Morgan fingerprint density at radius 1 is 1.18 bits per heavy atom. The monoisotopic (exact) mass is 481 g/mol. The van der Waals surface area contributed by atoms with Crippen LogP contribution < -0.4 is 9.46 Å². The van der Waals surface area contributed by atoms with Gasteiger partial charge in [-0.05, 0) is 31.0 Å².